The number of alkyl halides is 3. The number of nitrogens with zero attached hydrogens (tertiary/aromatic N) is 2. The Balaban J connectivity index is 1.88. The molecule has 1 N–H and O–H groups in total. The first-order chi connectivity index (χ1) is 7.94. The summed E-state index contributed by atoms with van der Waals surface area (Å²) in [6.45, 7) is 1.87. The zero-order chi connectivity index (χ0) is 12.5. The third-order valence-corrected chi connectivity index (χ3v) is 3.08. The summed E-state index contributed by atoms with van der Waals surface area (Å²) in [4.78, 5) is 5.13. The van der Waals surface area contributed by atoms with Gasteiger partial charge in [-0.15, -0.1) is 11.3 Å². The predicted octanol–water partition coefficient (Wildman–Crippen LogP) is 2.83. The van der Waals surface area contributed by atoms with Gasteiger partial charge in [-0.1, -0.05) is 0 Å². The highest BCUT2D eigenvalue weighted by Crippen LogP contribution is 2.21. The standard InChI is InChI=1S/C10H12F3N3S/c1-7(4-10(11,12)13)14-5-8-6-16-2-3-17-9(16)15-8/h2-3,6-7,14H,4-5H2,1H3. The highest BCUT2D eigenvalue weighted by Gasteiger charge is 2.29. The molecule has 7 heteroatoms. The normalized spacial score (nSPS) is 14.4. The Morgan fingerprint density at radius 3 is 2.94 bits per heavy atom. The molecule has 0 bridgehead atoms. The number of imidazole rings is 1. The lowest BCUT2D eigenvalue weighted by molar-refractivity contribution is -0.139. The monoisotopic (exact) mass is 263 g/mol. The van der Waals surface area contributed by atoms with E-state index in [9.17, 15) is 13.2 Å². The highest BCUT2D eigenvalue weighted by molar-refractivity contribution is 7.15. The zero-order valence-electron chi connectivity index (χ0n) is 9.16. The zero-order valence-corrected chi connectivity index (χ0v) is 9.98. The first kappa shape index (κ1) is 12.4. The van der Waals surface area contributed by atoms with Crippen molar-refractivity contribution in [2.24, 2.45) is 0 Å². The summed E-state index contributed by atoms with van der Waals surface area (Å²) < 4.78 is 38.1. The van der Waals surface area contributed by atoms with E-state index in [1.807, 2.05) is 22.2 Å². The quantitative estimate of drug-likeness (QED) is 0.919. The molecule has 0 saturated carbocycles. The average molecular weight is 263 g/mol. The first-order valence-corrected chi connectivity index (χ1v) is 6.03. The number of nitrogens with one attached hydrogen (secondary N) is 1. The fourth-order valence-electron chi connectivity index (χ4n) is 1.56. The van der Waals surface area contributed by atoms with Gasteiger partial charge in [0.15, 0.2) is 4.96 Å². The molecule has 0 fully saturated rings. The maximum absolute atomic E-state index is 12.1. The minimum atomic E-state index is -4.12. The summed E-state index contributed by atoms with van der Waals surface area (Å²) in [6, 6.07) is -0.602. The number of fused-ring (bicyclic) bond motifs is 1. The van der Waals surface area contributed by atoms with Gasteiger partial charge in [0.2, 0.25) is 0 Å². The van der Waals surface area contributed by atoms with E-state index >= 15 is 0 Å². The largest absolute Gasteiger partial charge is 0.390 e. The van der Waals surface area contributed by atoms with Crippen molar-refractivity contribution in [2.45, 2.75) is 32.1 Å². The molecule has 1 unspecified atom stereocenters. The molecule has 0 aliphatic heterocycles. The van der Waals surface area contributed by atoms with Crippen molar-refractivity contribution in [3.8, 4) is 0 Å². The van der Waals surface area contributed by atoms with Crippen molar-refractivity contribution in [1.29, 1.82) is 0 Å². The third kappa shape index (κ3) is 3.44. The van der Waals surface area contributed by atoms with E-state index in [1.165, 1.54) is 18.3 Å². The number of halogens is 3. The van der Waals surface area contributed by atoms with Gasteiger partial charge < -0.3 is 5.32 Å². The van der Waals surface area contributed by atoms with E-state index in [0.29, 0.717) is 6.54 Å². The molecule has 0 saturated heterocycles. The molecule has 0 spiro atoms. The second-order valence-electron chi connectivity index (χ2n) is 3.93. The molecule has 94 valence electrons. The van der Waals surface area contributed by atoms with Gasteiger partial charge in [-0.05, 0) is 6.92 Å². The lowest BCUT2D eigenvalue weighted by Gasteiger charge is -2.14. The lowest BCUT2D eigenvalue weighted by Crippen LogP contribution is -2.30. The van der Waals surface area contributed by atoms with E-state index in [2.05, 4.69) is 10.3 Å². The van der Waals surface area contributed by atoms with E-state index in [0.717, 1.165) is 10.7 Å². The van der Waals surface area contributed by atoms with Crippen LogP contribution in [0.2, 0.25) is 0 Å². The molecule has 2 rings (SSSR count). The van der Waals surface area contributed by atoms with Gasteiger partial charge in [0.1, 0.15) is 0 Å². The molecule has 2 aromatic heterocycles. The van der Waals surface area contributed by atoms with E-state index in [1.54, 1.807) is 0 Å². The van der Waals surface area contributed by atoms with Gasteiger partial charge in [0, 0.05) is 30.4 Å². The summed E-state index contributed by atoms with van der Waals surface area (Å²) in [7, 11) is 0. The van der Waals surface area contributed by atoms with Crippen molar-refractivity contribution in [1.82, 2.24) is 14.7 Å². The van der Waals surface area contributed by atoms with Crippen molar-refractivity contribution >= 4 is 16.3 Å². The van der Waals surface area contributed by atoms with Crippen molar-refractivity contribution in [2.75, 3.05) is 0 Å². The second kappa shape index (κ2) is 4.66. The molecule has 0 aliphatic rings. The van der Waals surface area contributed by atoms with E-state index < -0.39 is 18.6 Å². The highest BCUT2D eigenvalue weighted by atomic mass is 32.1. The predicted molar refractivity (Wildman–Crippen MR) is 60.0 cm³/mol. The summed E-state index contributed by atoms with van der Waals surface area (Å²) >= 11 is 1.50. The number of hydrogen-bond acceptors (Lipinski definition) is 3. The van der Waals surface area contributed by atoms with Crippen LogP contribution in [-0.2, 0) is 6.54 Å². The van der Waals surface area contributed by atoms with Crippen LogP contribution < -0.4 is 5.32 Å². The molecule has 1 atom stereocenters. The summed E-state index contributed by atoms with van der Waals surface area (Å²) in [5.41, 5.74) is 0.755. The van der Waals surface area contributed by atoms with Gasteiger partial charge in [0.25, 0.3) is 0 Å². The van der Waals surface area contributed by atoms with E-state index in [4.69, 9.17) is 0 Å². The van der Waals surface area contributed by atoms with Crippen molar-refractivity contribution < 1.29 is 13.2 Å². The van der Waals surface area contributed by atoms with Gasteiger partial charge in [0.05, 0.1) is 12.1 Å². The SMILES string of the molecule is CC(CC(F)(F)F)NCc1cn2ccsc2n1. The minimum Gasteiger partial charge on any atom is -0.308 e. The molecule has 3 nitrogen and oxygen atoms in total. The Morgan fingerprint density at radius 1 is 1.53 bits per heavy atom. The molecular weight excluding hydrogens is 251 g/mol. The van der Waals surface area contributed by atoms with Gasteiger partial charge in [-0.2, -0.15) is 13.2 Å². The Labute approximate surface area is 100 Å². The number of rotatable bonds is 4. The van der Waals surface area contributed by atoms with Crippen LogP contribution in [0.15, 0.2) is 17.8 Å². The number of aromatic nitrogens is 2. The maximum atomic E-state index is 12.1. The lowest BCUT2D eigenvalue weighted by atomic mass is 10.2. The van der Waals surface area contributed by atoms with Crippen molar-refractivity contribution in [3.63, 3.8) is 0 Å². The van der Waals surface area contributed by atoms with Crippen LogP contribution in [0.5, 0.6) is 0 Å². The Morgan fingerprint density at radius 2 is 2.29 bits per heavy atom. The molecular formula is C10H12F3N3S. The fraction of sp³-hybridized carbons (Fsp3) is 0.500. The molecule has 2 aromatic rings. The van der Waals surface area contributed by atoms with Crippen LogP contribution in [0.4, 0.5) is 13.2 Å². The van der Waals surface area contributed by atoms with Gasteiger partial charge in [-0.25, -0.2) is 4.98 Å². The van der Waals surface area contributed by atoms with Crippen LogP contribution in [-0.4, -0.2) is 21.6 Å². The second-order valence-corrected chi connectivity index (χ2v) is 4.80. The van der Waals surface area contributed by atoms with Crippen molar-refractivity contribution in [3.05, 3.63) is 23.5 Å². The Hall–Kier alpha value is -1.08. The van der Waals surface area contributed by atoms with Crippen LogP contribution in [0.25, 0.3) is 4.96 Å². The molecule has 0 amide bonds. The van der Waals surface area contributed by atoms with Crippen LogP contribution in [0.3, 0.4) is 0 Å². The average Bonchev–Trinajstić information content (AvgIpc) is 2.70. The van der Waals surface area contributed by atoms with Crippen LogP contribution >= 0.6 is 11.3 Å². The van der Waals surface area contributed by atoms with Crippen LogP contribution in [0.1, 0.15) is 19.0 Å². The Bertz CT molecular complexity index is 460. The third-order valence-electron chi connectivity index (χ3n) is 2.31. The molecule has 17 heavy (non-hydrogen) atoms. The molecule has 2 heterocycles. The molecule has 0 aromatic carbocycles. The number of hydrogen-bond donors (Lipinski definition) is 1. The number of thiazole rings is 1. The van der Waals surface area contributed by atoms with Gasteiger partial charge >= 0.3 is 6.18 Å². The fourth-order valence-corrected chi connectivity index (χ4v) is 2.28. The molecule has 0 aliphatic carbocycles. The Kier molecular flexibility index (Phi) is 3.39. The summed E-state index contributed by atoms with van der Waals surface area (Å²) in [6.07, 6.45) is -1.26. The maximum Gasteiger partial charge on any atom is 0.390 e. The van der Waals surface area contributed by atoms with Gasteiger partial charge in [-0.3, -0.25) is 4.40 Å². The topological polar surface area (TPSA) is 29.3 Å². The van der Waals surface area contributed by atoms with Crippen LogP contribution in [0, 0.1) is 0 Å². The summed E-state index contributed by atoms with van der Waals surface area (Å²) in [5, 5.41) is 4.72. The smallest absolute Gasteiger partial charge is 0.308 e. The first-order valence-electron chi connectivity index (χ1n) is 5.15. The molecule has 0 radical (unpaired) electrons. The summed E-state index contributed by atoms with van der Waals surface area (Å²) in [5.74, 6) is 0. The minimum absolute atomic E-state index is 0.353. The van der Waals surface area contributed by atoms with E-state index in [-0.39, 0.29) is 0 Å².